The first-order valence-corrected chi connectivity index (χ1v) is 6.72. The molecule has 0 radical (unpaired) electrons. The molecule has 1 fully saturated rings. The number of ether oxygens (including phenoxy) is 2. The Morgan fingerprint density at radius 2 is 2.09 bits per heavy atom. The van der Waals surface area contributed by atoms with Crippen LogP contribution in [0.15, 0.2) is 71.8 Å². The Balaban J connectivity index is 2.35. The first-order valence-electron chi connectivity index (χ1n) is 6.72. The monoisotopic (exact) mass is 299 g/mol. The highest BCUT2D eigenvalue weighted by Gasteiger charge is 2.33. The number of carbonyl (C=O) groups is 2. The van der Waals surface area contributed by atoms with Gasteiger partial charge in [0, 0.05) is 13.5 Å². The molecule has 2 amide bonds. The number of carbonyl (C=O) groups excluding carboxylic acids is 2. The zero-order valence-electron chi connectivity index (χ0n) is 12.5. The van der Waals surface area contributed by atoms with Crippen LogP contribution in [0.5, 0.6) is 0 Å². The molecule has 5 nitrogen and oxygen atoms in total. The predicted molar refractivity (Wildman–Crippen MR) is 82.5 cm³/mol. The van der Waals surface area contributed by atoms with Crippen molar-refractivity contribution in [2.24, 2.45) is 0 Å². The molecule has 0 aromatic rings. The zero-order chi connectivity index (χ0) is 16.1. The van der Waals surface area contributed by atoms with E-state index in [2.05, 4.69) is 6.58 Å². The lowest BCUT2D eigenvalue weighted by molar-refractivity contribution is -0.122. The number of amides is 2. The van der Waals surface area contributed by atoms with E-state index in [1.807, 2.05) is 24.3 Å². The summed E-state index contributed by atoms with van der Waals surface area (Å²) in [6.07, 6.45) is 12.4. The molecule has 1 heterocycles. The van der Waals surface area contributed by atoms with Gasteiger partial charge < -0.3 is 9.47 Å². The number of nitrogens with zero attached hydrogens (tertiary/aromatic N) is 1. The largest absolute Gasteiger partial charge is 0.501 e. The lowest BCUT2D eigenvalue weighted by atomic mass is 9.95. The van der Waals surface area contributed by atoms with E-state index in [1.165, 1.54) is 7.05 Å². The SMILES string of the molecule is C=C/C=C\C=C1/CC(OC)=CC=C1/C=C1/OC(=O)N(C)C1=O. The highest BCUT2D eigenvalue weighted by atomic mass is 16.6. The second-order valence-corrected chi connectivity index (χ2v) is 4.69. The van der Waals surface area contributed by atoms with Gasteiger partial charge in [-0.1, -0.05) is 37.0 Å². The molecule has 2 aliphatic rings. The molecule has 2 rings (SSSR count). The number of hydrogen-bond donors (Lipinski definition) is 0. The van der Waals surface area contributed by atoms with E-state index >= 15 is 0 Å². The van der Waals surface area contributed by atoms with Crippen molar-refractivity contribution in [3.63, 3.8) is 0 Å². The molecule has 0 N–H and O–H groups in total. The average Bonchev–Trinajstić information content (AvgIpc) is 2.76. The van der Waals surface area contributed by atoms with E-state index in [0.29, 0.717) is 6.42 Å². The maximum Gasteiger partial charge on any atom is 0.422 e. The molecule has 1 saturated heterocycles. The molecule has 0 unspecified atom stereocenters. The summed E-state index contributed by atoms with van der Waals surface area (Å²) in [5, 5.41) is 0. The van der Waals surface area contributed by atoms with Crippen LogP contribution in [0.3, 0.4) is 0 Å². The van der Waals surface area contributed by atoms with E-state index in [4.69, 9.17) is 9.47 Å². The summed E-state index contributed by atoms with van der Waals surface area (Å²) in [7, 11) is 2.99. The third-order valence-electron chi connectivity index (χ3n) is 3.26. The summed E-state index contributed by atoms with van der Waals surface area (Å²) in [4.78, 5) is 24.2. The molecule has 1 aliphatic carbocycles. The first kappa shape index (κ1) is 15.6. The van der Waals surface area contributed by atoms with Crippen LogP contribution in [-0.2, 0) is 14.3 Å². The predicted octanol–water partition coefficient (Wildman–Crippen LogP) is 3.01. The molecule has 0 spiro atoms. The van der Waals surface area contributed by atoms with Crippen molar-refractivity contribution < 1.29 is 19.1 Å². The topological polar surface area (TPSA) is 55.8 Å². The fourth-order valence-electron chi connectivity index (χ4n) is 2.01. The van der Waals surface area contributed by atoms with E-state index in [0.717, 1.165) is 21.8 Å². The number of hydrogen-bond acceptors (Lipinski definition) is 4. The van der Waals surface area contributed by atoms with Crippen LogP contribution < -0.4 is 0 Å². The fourth-order valence-corrected chi connectivity index (χ4v) is 2.01. The molecular formula is C17H17NO4. The lowest BCUT2D eigenvalue weighted by Gasteiger charge is -2.15. The van der Waals surface area contributed by atoms with Gasteiger partial charge in [0.15, 0.2) is 5.76 Å². The van der Waals surface area contributed by atoms with Gasteiger partial charge in [-0.15, -0.1) is 0 Å². The minimum absolute atomic E-state index is 0.0200. The van der Waals surface area contributed by atoms with Crippen LogP contribution in [-0.4, -0.2) is 31.1 Å². The summed E-state index contributed by atoms with van der Waals surface area (Å²) < 4.78 is 10.2. The molecule has 0 aromatic heterocycles. The summed E-state index contributed by atoms with van der Waals surface area (Å²) in [6.45, 7) is 3.62. The Labute approximate surface area is 129 Å². The number of methoxy groups -OCH3 is 1. The molecule has 5 heteroatoms. The van der Waals surface area contributed by atoms with Crippen molar-refractivity contribution in [1.29, 1.82) is 0 Å². The molecule has 0 bridgehead atoms. The fraction of sp³-hybridized carbons (Fsp3) is 0.176. The molecule has 0 aromatic carbocycles. The van der Waals surface area contributed by atoms with E-state index in [1.54, 1.807) is 25.3 Å². The van der Waals surface area contributed by atoms with Gasteiger partial charge in [0.1, 0.15) is 0 Å². The van der Waals surface area contributed by atoms with Gasteiger partial charge in [0.05, 0.1) is 12.9 Å². The van der Waals surface area contributed by atoms with Gasteiger partial charge in [-0.3, -0.25) is 4.79 Å². The van der Waals surface area contributed by atoms with Gasteiger partial charge in [-0.05, 0) is 23.3 Å². The number of allylic oxidation sites excluding steroid dienone is 9. The van der Waals surface area contributed by atoms with Crippen LogP contribution in [0.2, 0.25) is 0 Å². The maximum absolute atomic E-state index is 11.9. The minimum Gasteiger partial charge on any atom is -0.501 e. The second-order valence-electron chi connectivity index (χ2n) is 4.69. The molecular weight excluding hydrogens is 282 g/mol. The van der Waals surface area contributed by atoms with Crippen LogP contribution in [0.1, 0.15) is 6.42 Å². The number of likely N-dealkylation sites (N-methyl/N-ethyl adjacent to an activating group) is 1. The van der Waals surface area contributed by atoms with E-state index in [9.17, 15) is 9.59 Å². The molecule has 0 saturated carbocycles. The van der Waals surface area contributed by atoms with Crippen molar-refractivity contribution in [2.45, 2.75) is 6.42 Å². The smallest absolute Gasteiger partial charge is 0.422 e. The molecule has 22 heavy (non-hydrogen) atoms. The quantitative estimate of drug-likeness (QED) is 0.591. The minimum atomic E-state index is -0.669. The number of cyclic esters (lactones) is 1. The number of rotatable bonds is 4. The molecule has 0 atom stereocenters. The Bertz CT molecular complexity index is 662. The third-order valence-corrected chi connectivity index (χ3v) is 3.26. The zero-order valence-corrected chi connectivity index (χ0v) is 12.5. The summed E-state index contributed by atoms with van der Waals surface area (Å²) in [5.74, 6) is 0.382. The second kappa shape index (κ2) is 6.76. The Morgan fingerprint density at radius 3 is 2.68 bits per heavy atom. The Hall–Kier alpha value is -2.82. The van der Waals surface area contributed by atoms with Crippen molar-refractivity contribution >= 4 is 12.0 Å². The molecule has 114 valence electrons. The van der Waals surface area contributed by atoms with Gasteiger partial charge in [0.25, 0.3) is 5.91 Å². The summed E-state index contributed by atoms with van der Waals surface area (Å²) in [6, 6.07) is 0. The van der Waals surface area contributed by atoms with Crippen molar-refractivity contribution in [3.05, 3.63) is 71.8 Å². The van der Waals surface area contributed by atoms with E-state index < -0.39 is 12.0 Å². The van der Waals surface area contributed by atoms with Gasteiger partial charge in [-0.25, -0.2) is 9.69 Å². The van der Waals surface area contributed by atoms with Crippen molar-refractivity contribution in [2.75, 3.05) is 14.2 Å². The van der Waals surface area contributed by atoms with Gasteiger partial charge in [0.2, 0.25) is 0 Å². The van der Waals surface area contributed by atoms with Crippen LogP contribution >= 0.6 is 0 Å². The summed E-state index contributed by atoms with van der Waals surface area (Å²) in [5.41, 5.74) is 1.74. The normalized spacial score (nSPS) is 22.2. The van der Waals surface area contributed by atoms with Crippen molar-refractivity contribution in [3.8, 4) is 0 Å². The number of imide groups is 1. The standard InChI is InChI=1S/C17H17NO4/c1-4-5-6-7-12-10-14(21-3)9-8-13(12)11-15-16(19)18(2)17(20)22-15/h4-9,11H,1,10H2,2-3H3/b6-5-,12-7+,15-11+. The highest BCUT2D eigenvalue weighted by molar-refractivity contribution is 6.07. The van der Waals surface area contributed by atoms with Crippen LogP contribution in [0.25, 0.3) is 0 Å². The molecule has 1 aliphatic heterocycles. The average molecular weight is 299 g/mol. The highest BCUT2D eigenvalue weighted by Crippen LogP contribution is 2.28. The first-order chi connectivity index (χ1) is 10.6. The Morgan fingerprint density at radius 1 is 1.32 bits per heavy atom. The third kappa shape index (κ3) is 3.25. The Kier molecular flexibility index (Phi) is 4.78. The van der Waals surface area contributed by atoms with Gasteiger partial charge >= 0.3 is 6.09 Å². The van der Waals surface area contributed by atoms with Gasteiger partial charge in [-0.2, -0.15) is 0 Å². The lowest BCUT2D eigenvalue weighted by Crippen LogP contribution is -2.23. The van der Waals surface area contributed by atoms with Crippen LogP contribution in [0, 0.1) is 0 Å². The van der Waals surface area contributed by atoms with Crippen molar-refractivity contribution in [1.82, 2.24) is 4.90 Å². The van der Waals surface area contributed by atoms with Crippen LogP contribution in [0.4, 0.5) is 4.79 Å². The van der Waals surface area contributed by atoms with E-state index in [-0.39, 0.29) is 5.76 Å². The maximum atomic E-state index is 11.9. The summed E-state index contributed by atoms with van der Waals surface area (Å²) >= 11 is 0.